The summed E-state index contributed by atoms with van der Waals surface area (Å²) in [6, 6.07) is 3.43. The van der Waals surface area contributed by atoms with Crippen LogP contribution in [0.3, 0.4) is 0 Å². The Hall–Kier alpha value is -1.33. The number of furan rings is 1. The Morgan fingerprint density at radius 3 is 2.88 bits per heavy atom. The first-order chi connectivity index (χ1) is 7.99. The standard InChI is InChI=1S/C12H19NO4/c1-9(10-5-4-7-17-10)13-12(2,11(14)15)6-8-16-3/h4-5,7,9,13H,6,8H2,1-3H3,(H,14,15). The minimum Gasteiger partial charge on any atom is -0.480 e. The van der Waals surface area contributed by atoms with E-state index < -0.39 is 11.5 Å². The Balaban J connectivity index is 2.69. The average Bonchev–Trinajstić information content (AvgIpc) is 2.79. The van der Waals surface area contributed by atoms with Gasteiger partial charge in [-0.1, -0.05) is 0 Å². The Labute approximate surface area is 101 Å². The molecule has 1 aromatic heterocycles. The molecular weight excluding hydrogens is 222 g/mol. The molecular formula is C12H19NO4. The Morgan fingerprint density at radius 1 is 1.71 bits per heavy atom. The predicted octanol–water partition coefficient (Wildman–Crippen LogP) is 1.81. The van der Waals surface area contributed by atoms with Crippen LogP contribution < -0.4 is 5.32 Å². The zero-order valence-corrected chi connectivity index (χ0v) is 10.4. The summed E-state index contributed by atoms with van der Waals surface area (Å²) in [5.41, 5.74) is -1.03. The molecule has 1 rings (SSSR count). The van der Waals surface area contributed by atoms with E-state index in [9.17, 15) is 9.90 Å². The summed E-state index contributed by atoms with van der Waals surface area (Å²) in [5.74, 6) is -0.178. The van der Waals surface area contributed by atoms with Crippen molar-refractivity contribution >= 4 is 5.97 Å². The number of hydrogen-bond acceptors (Lipinski definition) is 4. The first-order valence-corrected chi connectivity index (χ1v) is 5.53. The fraction of sp³-hybridized carbons (Fsp3) is 0.583. The molecule has 0 radical (unpaired) electrons. The van der Waals surface area contributed by atoms with E-state index in [4.69, 9.17) is 9.15 Å². The van der Waals surface area contributed by atoms with Crippen molar-refractivity contribution in [3.05, 3.63) is 24.2 Å². The predicted molar refractivity (Wildman–Crippen MR) is 62.8 cm³/mol. The van der Waals surface area contributed by atoms with Crippen LogP contribution in [0.1, 0.15) is 32.1 Å². The van der Waals surface area contributed by atoms with E-state index in [1.165, 1.54) is 0 Å². The number of methoxy groups -OCH3 is 1. The molecule has 1 heterocycles. The van der Waals surface area contributed by atoms with Gasteiger partial charge in [-0.15, -0.1) is 0 Å². The van der Waals surface area contributed by atoms with Gasteiger partial charge < -0.3 is 14.3 Å². The van der Waals surface area contributed by atoms with Crippen molar-refractivity contribution in [3.8, 4) is 0 Å². The maximum absolute atomic E-state index is 11.3. The van der Waals surface area contributed by atoms with Gasteiger partial charge in [0.15, 0.2) is 0 Å². The first-order valence-electron chi connectivity index (χ1n) is 5.53. The second kappa shape index (κ2) is 5.84. The van der Waals surface area contributed by atoms with Gasteiger partial charge in [-0.05, 0) is 32.4 Å². The lowest BCUT2D eigenvalue weighted by Gasteiger charge is -2.29. The molecule has 2 atom stereocenters. The van der Waals surface area contributed by atoms with Crippen LogP contribution in [-0.2, 0) is 9.53 Å². The summed E-state index contributed by atoms with van der Waals surface area (Å²) >= 11 is 0. The lowest BCUT2D eigenvalue weighted by Crippen LogP contribution is -2.51. The van der Waals surface area contributed by atoms with Gasteiger partial charge in [-0.3, -0.25) is 10.1 Å². The maximum atomic E-state index is 11.3. The van der Waals surface area contributed by atoms with Crippen LogP contribution in [0.25, 0.3) is 0 Å². The van der Waals surface area contributed by atoms with E-state index in [0.29, 0.717) is 13.0 Å². The van der Waals surface area contributed by atoms with Gasteiger partial charge in [0.05, 0.1) is 12.3 Å². The number of carbonyl (C=O) groups is 1. The molecule has 0 aliphatic carbocycles. The molecule has 0 spiro atoms. The molecule has 1 aromatic rings. The van der Waals surface area contributed by atoms with Gasteiger partial charge in [0.1, 0.15) is 11.3 Å². The number of rotatable bonds is 7. The quantitative estimate of drug-likeness (QED) is 0.761. The normalized spacial score (nSPS) is 16.4. The summed E-state index contributed by atoms with van der Waals surface area (Å²) in [6.45, 7) is 3.90. The van der Waals surface area contributed by atoms with Crippen molar-refractivity contribution in [2.45, 2.75) is 31.8 Å². The molecule has 5 heteroatoms. The SMILES string of the molecule is COCCC(C)(NC(C)c1ccco1)C(=O)O. The van der Waals surface area contributed by atoms with Crippen LogP contribution in [0.15, 0.2) is 22.8 Å². The summed E-state index contributed by atoms with van der Waals surface area (Å²) in [6.07, 6.45) is 1.96. The lowest BCUT2D eigenvalue weighted by molar-refractivity contribution is -0.145. The van der Waals surface area contributed by atoms with E-state index in [-0.39, 0.29) is 6.04 Å². The Bertz CT molecular complexity index is 349. The smallest absolute Gasteiger partial charge is 0.323 e. The van der Waals surface area contributed by atoms with Crippen molar-refractivity contribution in [2.75, 3.05) is 13.7 Å². The van der Waals surface area contributed by atoms with Gasteiger partial charge >= 0.3 is 5.97 Å². The molecule has 0 aliphatic heterocycles. The van der Waals surface area contributed by atoms with E-state index in [1.807, 2.05) is 13.0 Å². The zero-order chi connectivity index (χ0) is 12.9. The largest absolute Gasteiger partial charge is 0.480 e. The molecule has 0 bridgehead atoms. The third-order valence-corrected chi connectivity index (χ3v) is 2.78. The molecule has 96 valence electrons. The minimum absolute atomic E-state index is 0.164. The van der Waals surface area contributed by atoms with Crippen LogP contribution in [0.2, 0.25) is 0 Å². The summed E-state index contributed by atoms with van der Waals surface area (Å²) in [7, 11) is 1.55. The van der Waals surface area contributed by atoms with E-state index in [0.717, 1.165) is 5.76 Å². The highest BCUT2D eigenvalue weighted by molar-refractivity contribution is 5.78. The number of aliphatic carboxylic acids is 1. The fourth-order valence-corrected chi connectivity index (χ4v) is 1.63. The number of hydrogen-bond donors (Lipinski definition) is 2. The van der Waals surface area contributed by atoms with Crippen molar-refractivity contribution in [2.24, 2.45) is 0 Å². The number of ether oxygens (including phenoxy) is 1. The average molecular weight is 241 g/mol. The molecule has 2 unspecified atom stereocenters. The van der Waals surface area contributed by atoms with E-state index >= 15 is 0 Å². The molecule has 17 heavy (non-hydrogen) atoms. The monoisotopic (exact) mass is 241 g/mol. The zero-order valence-electron chi connectivity index (χ0n) is 10.4. The molecule has 0 saturated heterocycles. The highest BCUT2D eigenvalue weighted by Gasteiger charge is 2.34. The van der Waals surface area contributed by atoms with Crippen LogP contribution in [-0.4, -0.2) is 30.3 Å². The second-order valence-corrected chi connectivity index (χ2v) is 4.26. The van der Waals surface area contributed by atoms with Gasteiger partial charge in [-0.25, -0.2) is 0 Å². The van der Waals surface area contributed by atoms with Gasteiger partial charge in [0, 0.05) is 13.7 Å². The molecule has 5 nitrogen and oxygen atoms in total. The summed E-state index contributed by atoms with van der Waals surface area (Å²) in [5, 5.41) is 12.3. The van der Waals surface area contributed by atoms with Gasteiger partial charge in [0.25, 0.3) is 0 Å². The maximum Gasteiger partial charge on any atom is 0.323 e. The number of nitrogens with one attached hydrogen (secondary N) is 1. The highest BCUT2D eigenvalue weighted by atomic mass is 16.5. The van der Waals surface area contributed by atoms with Crippen LogP contribution in [0.5, 0.6) is 0 Å². The van der Waals surface area contributed by atoms with Crippen LogP contribution in [0, 0.1) is 0 Å². The van der Waals surface area contributed by atoms with Crippen molar-refractivity contribution < 1.29 is 19.1 Å². The summed E-state index contributed by atoms with van der Waals surface area (Å²) < 4.78 is 10.2. The molecule has 0 amide bonds. The third-order valence-electron chi connectivity index (χ3n) is 2.78. The minimum atomic E-state index is -1.03. The summed E-state index contributed by atoms with van der Waals surface area (Å²) in [4.78, 5) is 11.3. The van der Waals surface area contributed by atoms with Crippen LogP contribution in [0.4, 0.5) is 0 Å². The highest BCUT2D eigenvalue weighted by Crippen LogP contribution is 2.19. The molecule has 0 fully saturated rings. The molecule has 0 aliphatic rings. The van der Waals surface area contributed by atoms with E-state index in [1.54, 1.807) is 26.4 Å². The molecule has 0 saturated carbocycles. The second-order valence-electron chi connectivity index (χ2n) is 4.26. The number of carboxylic acids is 1. The fourth-order valence-electron chi connectivity index (χ4n) is 1.63. The van der Waals surface area contributed by atoms with E-state index in [2.05, 4.69) is 5.32 Å². The lowest BCUT2D eigenvalue weighted by atomic mass is 9.97. The topological polar surface area (TPSA) is 71.7 Å². The van der Waals surface area contributed by atoms with Crippen molar-refractivity contribution in [3.63, 3.8) is 0 Å². The van der Waals surface area contributed by atoms with Crippen LogP contribution >= 0.6 is 0 Å². The molecule has 0 aromatic carbocycles. The van der Waals surface area contributed by atoms with Crippen molar-refractivity contribution in [1.82, 2.24) is 5.32 Å². The first kappa shape index (κ1) is 13.7. The molecule has 2 N–H and O–H groups in total. The van der Waals surface area contributed by atoms with Crippen molar-refractivity contribution in [1.29, 1.82) is 0 Å². The third kappa shape index (κ3) is 3.57. The number of carboxylic acid groups (broad SMARTS) is 1. The Morgan fingerprint density at radius 2 is 2.41 bits per heavy atom. The van der Waals surface area contributed by atoms with Gasteiger partial charge in [-0.2, -0.15) is 0 Å². The Kier molecular flexibility index (Phi) is 4.72. The van der Waals surface area contributed by atoms with Gasteiger partial charge in [0.2, 0.25) is 0 Å².